The molecule has 2 fully saturated rings. The minimum absolute atomic E-state index is 0.129. The van der Waals surface area contributed by atoms with Gasteiger partial charge in [-0.3, -0.25) is 4.79 Å². The van der Waals surface area contributed by atoms with E-state index in [1.54, 1.807) is 0 Å². The van der Waals surface area contributed by atoms with E-state index >= 15 is 0 Å². The van der Waals surface area contributed by atoms with Gasteiger partial charge in [0.2, 0.25) is 15.9 Å². The maximum Gasteiger partial charge on any atom is 0.243 e. The molecule has 8 heteroatoms. The van der Waals surface area contributed by atoms with Crippen LogP contribution in [0.3, 0.4) is 0 Å². The number of hydrogen-bond donors (Lipinski definition) is 2. The molecule has 1 saturated heterocycles. The zero-order chi connectivity index (χ0) is 21.9. The number of nitrogens with zero attached hydrogens (tertiary/aromatic N) is 1. The third-order valence-electron chi connectivity index (χ3n) is 5.90. The van der Waals surface area contributed by atoms with Gasteiger partial charge in [-0.2, -0.15) is 4.31 Å². The van der Waals surface area contributed by atoms with Crippen LogP contribution in [-0.2, 0) is 19.6 Å². The highest BCUT2D eigenvalue weighted by atomic mass is 32.2. The fraction of sp³-hybridized carbons (Fsp3) is 0.682. The van der Waals surface area contributed by atoms with Crippen LogP contribution >= 0.6 is 0 Å². The first kappa shape index (κ1) is 23.2. The summed E-state index contributed by atoms with van der Waals surface area (Å²) < 4.78 is 33.3. The molecule has 1 unspecified atom stereocenters. The fourth-order valence-corrected chi connectivity index (χ4v) is 6.02. The molecule has 1 amide bonds. The number of carbonyl (C=O) groups is 1. The number of carbonyl (C=O) groups excluding carboxylic acids is 1. The van der Waals surface area contributed by atoms with Gasteiger partial charge in [0.1, 0.15) is 0 Å². The first-order valence-electron chi connectivity index (χ1n) is 10.8. The summed E-state index contributed by atoms with van der Waals surface area (Å²) in [5, 5.41) is 12.7. The summed E-state index contributed by atoms with van der Waals surface area (Å²) in [6.07, 6.45) is 2.63. The third-order valence-corrected chi connectivity index (χ3v) is 8.10. The lowest BCUT2D eigenvalue weighted by Crippen LogP contribution is -2.44. The lowest BCUT2D eigenvalue weighted by Gasteiger charge is -2.31. The van der Waals surface area contributed by atoms with Crippen molar-refractivity contribution in [1.29, 1.82) is 0 Å². The SMILES string of the molecule is Cc1cc(C)c(S(=O)(=O)N2CCC(C(=O)NCC(O)COCC3CC3)CC2)c(C)c1. The Morgan fingerprint density at radius 1 is 1.17 bits per heavy atom. The summed E-state index contributed by atoms with van der Waals surface area (Å²) in [7, 11) is -3.58. The van der Waals surface area contributed by atoms with Crippen LogP contribution in [0, 0.1) is 32.6 Å². The van der Waals surface area contributed by atoms with Gasteiger partial charge in [-0.25, -0.2) is 8.42 Å². The normalized spacial score (nSPS) is 19.6. The Kier molecular flexibility index (Phi) is 7.55. The Bertz CT molecular complexity index is 835. The summed E-state index contributed by atoms with van der Waals surface area (Å²) in [5.41, 5.74) is 2.55. The van der Waals surface area contributed by atoms with E-state index in [0.717, 1.165) is 16.7 Å². The maximum absolute atomic E-state index is 13.2. The van der Waals surface area contributed by atoms with Crippen molar-refractivity contribution in [1.82, 2.24) is 9.62 Å². The van der Waals surface area contributed by atoms with Crippen molar-refractivity contribution >= 4 is 15.9 Å². The largest absolute Gasteiger partial charge is 0.389 e. The van der Waals surface area contributed by atoms with Crippen molar-refractivity contribution in [3.8, 4) is 0 Å². The van der Waals surface area contributed by atoms with Crippen LogP contribution in [0.5, 0.6) is 0 Å². The molecule has 0 bridgehead atoms. The Labute approximate surface area is 179 Å². The van der Waals surface area contributed by atoms with Crippen molar-refractivity contribution in [2.45, 2.75) is 57.5 Å². The molecule has 168 valence electrons. The van der Waals surface area contributed by atoms with Crippen LogP contribution in [-0.4, -0.2) is 62.7 Å². The number of aliphatic hydroxyl groups is 1. The van der Waals surface area contributed by atoms with E-state index in [2.05, 4.69) is 5.32 Å². The van der Waals surface area contributed by atoms with E-state index in [1.807, 2.05) is 32.9 Å². The third kappa shape index (κ3) is 5.81. The Hall–Kier alpha value is -1.48. The number of benzene rings is 1. The number of rotatable bonds is 9. The average Bonchev–Trinajstić information content (AvgIpc) is 3.49. The number of aryl methyl sites for hydroxylation is 3. The van der Waals surface area contributed by atoms with Crippen LogP contribution in [0.25, 0.3) is 0 Å². The zero-order valence-corrected chi connectivity index (χ0v) is 19.0. The number of hydrogen-bond acceptors (Lipinski definition) is 5. The van der Waals surface area contributed by atoms with Crippen LogP contribution in [0.15, 0.2) is 17.0 Å². The molecule has 2 N–H and O–H groups in total. The van der Waals surface area contributed by atoms with Gasteiger partial charge in [0, 0.05) is 32.2 Å². The first-order valence-corrected chi connectivity index (χ1v) is 12.2. The molecule has 0 spiro atoms. The maximum atomic E-state index is 13.2. The van der Waals surface area contributed by atoms with E-state index in [1.165, 1.54) is 17.1 Å². The molecule has 1 saturated carbocycles. The molecule has 1 aliphatic carbocycles. The monoisotopic (exact) mass is 438 g/mol. The average molecular weight is 439 g/mol. The topological polar surface area (TPSA) is 95.9 Å². The predicted molar refractivity (Wildman–Crippen MR) is 115 cm³/mol. The van der Waals surface area contributed by atoms with Gasteiger partial charge in [-0.1, -0.05) is 17.7 Å². The second kappa shape index (κ2) is 9.77. The standard InChI is InChI=1S/C22H34N2O5S/c1-15-10-16(2)21(17(3)11-15)30(27,28)24-8-6-19(7-9-24)22(26)23-12-20(25)14-29-13-18-4-5-18/h10-11,18-20,25H,4-9,12-14H2,1-3H3,(H,23,26). The summed E-state index contributed by atoms with van der Waals surface area (Å²) >= 11 is 0. The molecule has 1 aromatic rings. The van der Waals surface area contributed by atoms with Crippen LogP contribution < -0.4 is 5.32 Å². The van der Waals surface area contributed by atoms with Gasteiger partial charge in [0.25, 0.3) is 0 Å². The molecule has 1 heterocycles. The minimum atomic E-state index is -3.58. The van der Waals surface area contributed by atoms with Crippen LogP contribution in [0.1, 0.15) is 42.4 Å². The van der Waals surface area contributed by atoms with Crippen molar-refractivity contribution in [2.75, 3.05) is 32.8 Å². The number of piperidine rings is 1. The van der Waals surface area contributed by atoms with Gasteiger partial charge in [0.15, 0.2) is 0 Å². The number of amides is 1. The van der Waals surface area contributed by atoms with E-state index < -0.39 is 16.1 Å². The molecule has 30 heavy (non-hydrogen) atoms. The highest BCUT2D eigenvalue weighted by Gasteiger charge is 2.33. The summed E-state index contributed by atoms with van der Waals surface area (Å²) in [6.45, 7) is 7.31. The van der Waals surface area contributed by atoms with Gasteiger partial charge in [-0.05, 0) is 63.5 Å². The summed E-state index contributed by atoms with van der Waals surface area (Å²) in [4.78, 5) is 12.8. The molecule has 0 radical (unpaired) electrons. The predicted octanol–water partition coefficient (Wildman–Crippen LogP) is 1.92. The van der Waals surface area contributed by atoms with E-state index in [-0.39, 0.29) is 25.0 Å². The summed E-state index contributed by atoms with van der Waals surface area (Å²) in [6, 6.07) is 3.78. The Balaban J connectivity index is 1.48. The molecule has 7 nitrogen and oxygen atoms in total. The molecule has 1 atom stereocenters. The molecule has 2 aliphatic rings. The molecular formula is C22H34N2O5S. The molecule has 1 aliphatic heterocycles. The number of aliphatic hydroxyl groups excluding tert-OH is 1. The quantitative estimate of drug-likeness (QED) is 0.614. The minimum Gasteiger partial charge on any atom is -0.389 e. The van der Waals surface area contributed by atoms with E-state index in [4.69, 9.17) is 4.74 Å². The molecule has 3 rings (SSSR count). The molecule has 0 aromatic heterocycles. The van der Waals surface area contributed by atoms with Crippen molar-refractivity contribution in [3.05, 3.63) is 28.8 Å². The van der Waals surface area contributed by atoms with Gasteiger partial charge < -0.3 is 15.2 Å². The number of ether oxygens (including phenoxy) is 1. The molecule has 1 aromatic carbocycles. The highest BCUT2D eigenvalue weighted by molar-refractivity contribution is 7.89. The molecular weight excluding hydrogens is 404 g/mol. The van der Waals surface area contributed by atoms with Gasteiger partial charge in [0.05, 0.1) is 17.6 Å². The van der Waals surface area contributed by atoms with Gasteiger partial charge in [-0.15, -0.1) is 0 Å². The van der Waals surface area contributed by atoms with E-state index in [0.29, 0.717) is 43.4 Å². The first-order chi connectivity index (χ1) is 14.2. The second-order valence-electron chi connectivity index (χ2n) is 8.79. The van der Waals surface area contributed by atoms with Gasteiger partial charge >= 0.3 is 0 Å². The highest BCUT2D eigenvalue weighted by Crippen LogP contribution is 2.29. The van der Waals surface area contributed by atoms with Crippen molar-refractivity contribution < 1.29 is 23.1 Å². The lowest BCUT2D eigenvalue weighted by atomic mass is 9.97. The fourth-order valence-electron chi connectivity index (χ4n) is 4.14. The Morgan fingerprint density at radius 2 is 1.77 bits per heavy atom. The Morgan fingerprint density at radius 3 is 2.33 bits per heavy atom. The smallest absolute Gasteiger partial charge is 0.243 e. The van der Waals surface area contributed by atoms with Crippen LogP contribution in [0.4, 0.5) is 0 Å². The lowest BCUT2D eigenvalue weighted by molar-refractivity contribution is -0.126. The van der Waals surface area contributed by atoms with Crippen LogP contribution in [0.2, 0.25) is 0 Å². The van der Waals surface area contributed by atoms with E-state index in [9.17, 15) is 18.3 Å². The zero-order valence-electron chi connectivity index (χ0n) is 18.2. The summed E-state index contributed by atoms with van der Waals surface area (Å²) in [5.74, 6) is 0.271. The second-order valence-corrected chi connectivity index (χ2v) is 10.7. The number of sulfonamides is 1. The number of nitrogens with one attached hydrogen (secondary N) is 1. The van der Waals surface area contributed by atoms with Crippen molar-refractivity contribution in [2.24, 2.45) is 11.8 Å². The van der Waals surface area contributed by atoms with Crippen molar-refractivity contribution in [3.63, 3.8) is 0 Å².